The maximum absolute atomic E-state index is 13.3. The van der Waals surface area contributed by atoms with Gasteiger partial charge in [0.1, 0.15) is 11.5 Å². The molecule has 444 valence electrons. The van der Waals surface area contributed by atoms with Crippen LogP contribution in [0, 0.1) is 5.92 Å². The molecule has 3 aromatic carbocycles. The lowest BCUT2D eigenvalue weighted by Gasteiger charge is -2.19. The molecule has 1 unspecified atom stereocenters. The summed E-state index contributed by atoms with van der Waals surface area (Å²) in [5.74, 6) is 1.70. The number of ether oxygens (including phenoxy) is 10. The maximum Gasteiger partial charge on any atom is 0.336 e. The maximum atomic E-state index is 13.3. The van der Waals surface area contributed by atoms with E-state index in [1.165, 1.54) is 12.2 Å². The minimum atomic E-state index is -0.622. The van der Waals surface area contributed by atoms with E-state index in [1.807, 2.05) is 38.1 Å². The zero-order chi connectivity index (χ0) is 57.8. The molecule has 0 saturated heterocycles. The first kappa shape index (κ1) is 67.8. The van der Waals surface area contributed by atoms with E-state index in [0.29, 0.717) is 105 Å². The molecule has 1 atom stereocenters. The molecule has 0 spiro atoms. The third kappa shape index (κ3) is 28.6. The summed E-state index contributed by atoms with van der Waals surface area (Å²) in [7, 11) is 0. The SMILES string of the molecule is C=CC(=O)OCCCCOc1ccc(/C=C/C(=O)Oc2ccc(OC(=O)/C=C/c3ccc(OCCCCCCOC(=O)C(C)CC)c(OCCCCCC)c3OCCCCCC)cc2)c(OCCCCCC)c1OCCCCCC. The number of carbonyl (C=O) groups is 4. The summed E-state index contributed by atoms with van der Waals surface area (Å²) < 4.78 is 60.1. The van der Waals surface area contributed by atoms with E-state index < -0.39 is 17.9 Å². The minimum Gasteiger partial charge on any atom is -0.490 e. The van der Waals surface area contributed by atoms with Crippen LogP contribution >= 0.6 is 0 Å². The molecular formula is C66H96O14. The minimum absolute atomic E-state index is 0.0810. The molecule has 0 bridgehead atoms. The Morgan fingerprint density at radius 3 is 1.12 bits per heavy atom. The molecule has 0 aromatic heterocycles. The summed E-state index contributed by atoms with van der Waals surface area (Å²) in [6.07, 6.45) is 29.0. The highest BCUT2D eigenvalue weighted by atomic mass is 16.6. The monoisotopic (exact) mass is 1110 g/mol. The van der Waals surface area contributed by atoms with Crippen molar-refractivity contribution in [1.82, 2.24) is 0 Å². The number of rotatable bonds is 47. The number of unbranched alkanes of at least 4 members (excludes halogenated alkanes) is 16. The number of carbonyl (C=O) groups excluding carboxylic acids is 4. The third-order valence-electron chi connectivity index (χ3n) is 13.0. The van der Waals surface area contributed by atoms with E-state index in [9.17, 15) is 19.2 Å². The molecule has 80 heavy (non-hydrogen) atoms. The van der Waals surface area contributed by atoms with Crippen LogP contribution < -0.4 is 37.9 Å². The van der Waals surface area contributed by atoms with Crippen molar-refractivity contribution >= 4 is 36.0 Å². The van der Waals surface area contributed by atoms with Gasteiger partial charge in [-0.1, -0.05) is 125 Å². The molecule has 14 heteroatoms. The average molecular weight is 1110 g/mol. The molecule has 3 rings (SSSR count). The van der Waals surface area contributed by atoms with Crippen molar-refractivity contribution in [2.24, 2.45) is 5.92 Å². The summed E-state index contributed by atoms with van der Waals surface area (Å²) in [5.41, 5.74) is 1.27. The van der Waals surface area contributed by atoms with E-state index >= 15 is 0 Å². The molecule has 3 aromatic rings. The first-order chi connectivity index (χ1) is 39.1. The second kappa shape index (κ2) is 43.4. The fourth-order valence-electron chi connectivity index (χ4n) is 8.02. The summed E-state index contributed by atoms with van der Waals surface area (Å²) in [6, 6.07) is 13.6. The van der Waals surface area contributed by atoms with Gasteiger partial charge in [-0.05, 0) is 131 Å². The highest BCUT2D eigenvalue weighted by Crippen LogP contribution is 2.43. The van der Waals surface area contributed by atoms with Crippen LogP contribution in [0.3, 0.4) is 0 Å². The van der Waals surface area contributed by atoms with Gasteiger partial charge in [-0.3, -0.25) is 4.79 Å². The van der Waals surface area contributed by atoms with Crippen molar-refractivity contribution in [2.45, 2.75) is 189 Å². The number of esters is 4. The van der Waals surface area contributed by atoms with E-state index in [0.717, 1.165) is 141 Å². The van der Waals surface area contributed by atoms with Gasteiger partial charge >= 0.3 is 23.9 Å². The van der Waals surface area contributed by atoms with E-state index in [2.05, 4.69) is 34.3 Å². The Morgan fingerprint density at radius 2 is 0.738 bits per heavy atom. The third-order valence-corrected chi connectivity index (χ3v) is 13.0. The zero-order valence-electron chi connectivity index (χ0n) is 49.4. The average Bonchev–Trinajstić information content (AvgIpc) is 3.50. The van der Waals surface area contributed by atoms with Gasteiger partial charge in [-0.2, -0.15) is 0 Å². The summed E-state index contributed by atoms with van der Waals surface area (Å²) in [5, 5.41) is 0. The molecule has 0 N–H and O–H groups in total. The van der Waals surface area contributed by atoms with E-state index in [1.54, 1.807) is 36.4 Å². The van der Waals surface area contributed by atoms with E-state index in [-0.39, 0.29) is 30.0 Å². The zero-order valence-corrected chi connectivity index (χ0v) is 49.4. The number of benzene rings is 3. The molecule has 14 nitrogen and oxygen atoms in total. The Balaban J connectivity index is 1.75. The van der Waals surface area contributed by atoms with Gasteiger partial charge in [0.25, 0.3) is 0 Å². The lowest BCUT2D eigenvalue weighted by atomic mass is 10.1. The molecular weight excluding hydrogens is 1020 g/mol. The first-order valence-electron chi connectivity index (χ1n) is 30.0. The summed E-state index contributed by atoms with van der Waals surface area (Å²) in [4.78, 5) is 50.1. The second-order valence-corrected chi connectivity index (χ2v) is 19.9. The number of hydrogen-bond acceptors (Lipinski definition) is 14. The van der Waals surface area contributed by atoms with Crippen LogP contribution in [-0.2, 0) is 28.7 Å². The Morgan fingerprint density at radius 1 is 0.400 bits per heavy atom. The van der Waals surface area contributed by atoms with Gasteiger partial charge < -0.3 is 47.4 Å². The predicted octanol–water partition coefficient (Wildman–Crippen LogP) is 16.2. The van der Waals surface area contributed by atoms with E-state index in [4.69, 9.17) is 47.4 Å². The molecule has 0 aliphatic carbocycles. The van der Waals surface area contributed by atoms with Crippen molar-refractivity contribution in [3.8, 4) is 46.0 Å². The highest BCUT2D eigenvalue weighted by Gasteiger charge is 2.20. The van der Waals surface area contributed by atoms with Gasteiger partial charge in [0, 0.05) is 29.4 Å². The van der Waals surface area contributed by atoms with Crippen LogP contribution in [0.15, 0.2) is 73.3 Å². The van der Waals surface area contributed by atoms with Crippen LogP contribution in [-0.4, -0.2) is 76.7 Å². The molecule has 0 fully saturated rings. The van der Waals surface area contributed by atoms with Gasteiger partial charge in [0.15, 0.2) is 23.0 Å². The van der Waals surface area contributed by atoms with Crippen molar-refractivity contribution in [3.63, 3.8) is 0 Å². The predicted molar refractivity (Wildman–Crippen MR) is 317 cm³/mol. The van der Waals surface area contributed by atoms with Crippen molar-refractivity contribution in [1.29, 1.82) is 0 Å². The number of hydrogen-bond donors (Lipinski definition) is 0. The Bertz CT molecular complexity index is 2270. The standard InChI is InChI=1S/C66H96O14/c1-8-14-18-24-47-74-62-53(32-40-57(64(62)76-49-26-20-16-10-3)71-44-28-22-23-29-51-78-66(70)52(7)12-5)34-42-60(68)79-55-36-38-56(39-37-55)80-61(69)43-35-54-33-41-58(72-45-30-31-46-73-59(67)13-6)65(77-50-27-21-17-11-4)63(54)75-48-25-19-15-9-2/h13,32-43,52H,6,8-12,14-31,44-51H2,1-5,7H3/b42-34+,43-35+. The highest BCUT2D eigenvalue weighted by molar-refractivity contribution is 5.90. The van der Waals surface area contributed by atoms with Gasteiger partial charge in [0.05, 0.1) is 58.8 Å². The Kier molecular flexibility index (Phi) is 36.8. The van der Waals surface area contributed by atoms with Gasteiger partial charge in [-0.25, -0.2) is 14.4 Å². The second-order valence-electron chi connectivity index (χ2n) is 19.9. The molecule has 0 aliphatic heterocycles. The van der Waals surface area contributed by atoms with Crippen molar-refractivity contribution in [3.05, 3.63) is 84.5 Å². The summed E-state index contributed by atoms with van der Waals surface area (Å²) in [6.45, 7) is 19.4. The topological polar surface area (TPSA) is 161 Å². The van der Waals surface area contributed by atoms with Crippen molar-refractivity contribution in [2.75, 3.05) is 52.9 Å². The molecule has 0 heterocycles. The summed E-state index contributed by atoms with van der Waals surface area (Å²) >= 11 is 0. The quantitative estimate of drug-likeness (QED) is 0.0227. The first-order valence-corrected chi connectivity index (χ1v) is 30.0. The van der Waals surface area contributed by atoms with Crippen molar-refractivity contribution < 1.29 is 66.5 Å². The molecule has 0 aliphatic rings. The lowest BCUT2D eigenvalue weighted by molar-refractivity contribution is -0.148. The van der Waals surface area contributed by atoms with Crippen LogP contribution in [0.5, 0.6) is 46.0 Å². The molecule has 0 amide bonds. The van der Waals surface area contributed by atoms with Crippen LogP contribution in [0.1, 0.15) is 200 Å². The fraction of sp³-hybridized carbons (Fsp3) is 0.576. The molecule has 0 saturated carbocycles. The fourth-order valence-corrected chi connectivity index (χ4v) is 8.02. The van der Waals surface area contributed by atoms with Gasteiger partial charge in [0.2, 0.25) is 11.5 Å². The Labute approximate surface area is 479 Å². The normalized spacial score (nSPS) is 11.5. The van der Waals surface area contributed by atoms with Gasteiger partial charge in [-0.15, -0.1) is 0 Å². The lowest BCUT2D eigenvalue weighted by Crippen LogP contribution is -2.14. The Hall–Kier alpha value is -6.44. The molecule has 0 radical (unpaired) electrons. The smallest absolute Gasteiger partial charge is 0.336 e. The largest absolute Gasteiger partial charge is 0.490 e. The van der Waals surface area contributed by atoms with Crippen LogP contribution in [0.4, 0.5) is 0 Å². The van der Waals surface area contributed by atoms with Crippen LogP contribution in [0.2, 0.25) is 0 Å². The van der Waals surface area contributed by atoms with Crippen LogP contribution in [0.25, 0.3) is 12.2 Å².